The predicted octanol–water partition coefficient (Wildman–Crippen LogP) is 2.30. The van der Waals surface area contributed by atoms with Crippen molar-refractivity contribution in [2.24, 2.45) is 0 Å². The van der Waals surface area contributed by atoms with Crippen molar-refractivity contribution in [1.29, 1.82) is 0 Å². The number of halogens is 2. The number of aromatic nitrogens is 2. The molecule has 192 valence electrons. The Kier molecular flexibility index (Phi) is 7.78. The van der Waals surface area contributed by atoms with E-state index in [9.17, 15) is 22.0 Å². The van der Waals surface area contributed by atoms with Crippen LogP contribution in [0.2, 0.25) is 0 Å². The monoisotopic (exact) mass is 538 g/mol. The number of pyridine rings is 1. The number of hydrogen-bond donors (Lipinski definition) is 4. The van der Waals surface area contributed by atoms with Crippen molar-refractivity contribution in [2.75, 3.05) is 42.6 Å². The molecule has 1 aliphatic rings. The summed E-state index contributed by atoms with van der Waals surface area (Å²) in [5.41, 5.74) is 5.16. The summed E-state index contributed by atoms with van der Waals surface area (Å²) in [7, 11) is -3.73. The fourth-order valence-corrected chi connectivity index (χ4v) is 6.09. The number of ketones is 1. The van der Waals surface area contributed by atoms with Crippen LogP contribution in [0, 0.1) is 11.6 Å². The van der Waals surface area contributed by atoms with Gasteiger partial charge in [0, 0.05) is 31.9 Å². The van der Waals surface area contributed by atoms with E-state index in [1.165, 1.54) is 28.7 Å². The smallest absolute Gasteiger partial charge is 0.244 e. The molecule has 3 aromatic rings. The van der Waals surface area contributed by atoms with Gasteiger partial charge in [-0.05, 0) is 37.1 Å². The second-order valence-corrected chi connectivity index (χ2v) is 10.9. The summed E-state index contributed by atoms with van der Waals surface area (Å²) >= 11 is 0.892. The molecule has 0 radical (unpaired) electrons. The van der Waals surface area contributed by atoms with Gasteiger partial charge in [0.25, 0.3) is 0 Å². The number of aliphatic hydroxyl groups is 1. The second-order valence-electron chi connectivity index (χ2n) is 8.01. The van der Waals surface area contributed by atoms with Crippen LogP contribution in [0.15, 0.2) is 41.4 Å². The number of nitrogens with one attached hydrogen (secondary N) is 2. The minimum Gasteiger partial charge on any atom is -0.395 e. The lowest BCUT2D eigenvalue weighted by Gasteiger charge is -2.31. The molecule has 14 heteroatoms. The molecule has 10 nitrogen and oxygen atoms in total. The first-order chi connectivity index (χ1) is 17.2. The van der Waals surface area contributed by atoms with Gasteiger partial charge in [-0.15, -0.1) is 0 Å². The number of nitrogen functional groups attached to an aromatic ring is 1. The number of nitrogens with two attached hydrogens (primary N) is 1. The minimum atomic E-state index is -3.73. The Labute approximate surface area is 210 Å². The molecular weight excluding hydrogens is 514 g/mol. The zero-order chi connectivity index (χ0) is 25.9. The van der Waals surface area contributed by atoms with E-state index in [1.54, 1.807) is 0 Å². The Balaban J connectivity index is 1.38. The van der Waals surface area contributed by atoms with Gasteiger partial charge in [0.05, 0.1) is 12.2 Å². The Morgan fingerprint density at radius 2 is 1.89 bits per heavy atom. The van der Waals surface area contributed by atoms with E-state index < -0.39 is 33.0 Å². The SMILES string of the molecule is Nc1nc(NC2CCN(S(=O)(=O)c3ccc(NCCO)nc3)CC2)sc1C(=O)c1c(F)cccc1F. The van der Waals surface area contributed by atoms with Crippen LogP contribution in [-0.2, 0) is 10.0 Å². The number of piperidine rings is 1. The average Bonchev–Trinajstić information content (AvgIpc) is 3.23. The maximum atomic E-state index is 14.0. The molecular formula is C22H24F2N6O4S2. The first kappa shape index (κ1) is 25.9. The topological polar surface area (TPSA) is 151 Å². The maximum Gasteiger partial charge on any atom is 0.244 e. The lowest BCUT2D eigenvalue weighted by molar-refractivity contribution is 0.103. The summed E-state index contributed by atoms with van der Waals surface area (Å²) in [5.74, 6) is -2.53. The van der Waals surface area contributed by atoms with Crippen molar-refractivity contribution in [3.8, 4) is 0 Å². The van der Waals surface area contributed by atoms with Crippen molar-refractivity contribution in [1.82, 2.24) is 14.3 Å². The molecule has 0 saturated carbocycles. The number of thiazole rings is 1. The van der Waals surface area contributed by atoms with Crippen molar-refractivity contribution < 1.29 is 27.1 Å². The number of carbonyl (C=O) groups excluding carboxylic acids is 1. The number of hydrogen-bond acceptors (Lipinski definition) is 10. The summed E-state index contributed by atoms with van der Waals surface area (Å²) in [6, 6.07) is 6.01. The first-order valence-electron chi connectivity index (χ1n) is 11.0. The fraction of sp³-hybridized carbons (Fsp3) is 0.318. The van der Waals surface area contributed by atoms with Gasteiger partial charge in [-0.1, -0.05) is 17.4 Å². The fourth-order valence-electron chi connectivity index (χ4n) is 3.77. The number of nitrogens with zero attached hydrogens (tertiary/aromatic N) is 3. The van der Waals surface area contributed by atoms with E-state index in [2.05, 4.69) is 20.6 Å². The highest BCUT2D eigenvalue weighted by Gasteiger charge is 2.31. The lowest BCUT2D eigenvalue weighted by atomic mass is 10.1. The van der Waals surface area contributed by atoms with E-state index in [-0.39, 0.29) is 41.3 Å². The van der Waals surface area contributed by atoms with Crippen LogP contribution in [0.1, 0.15) is 28.1 Å². The van der Waals surface area contributed by atoms with E-state index >= 15 is 0 Å². The number of benzene rings is 1. The summed E-state index contributed by atoms with van der Waals surface area (Å²) < 4.78 is 55.3. The zero-order valence-corrected chi connectivity index (χ0v) is 20.6. The van der Waals surface area contributed by atoms with Crippen molar-refractivity contribution in [3.63, 3.8) is 0 Å². The molecule has 0 amide bonds. The molecule has 0 atom stereocenters. The highest BCUT2D eigenvalue weighted by Crippen LogP contribution is 2.31. The molecule has 1 saturated heterocycles. The van der Waals surface area contributed by atoms with Gasteiger partial charge in [-0.2, -0.15) is 4.31 Å². The van der Waals surface area contributed by atoms with E-state index in [1.807, 2.05) is 0 Å². The van der Waals surface area contributed by atoms with Gasteiger partial charge >= 0.3 is 0 Å². The third-order valence-corrected chi connectivity index (χ3v) is 8.51. The van der Waals surface area contributed by atoms with Gasteiger partial charge in [0.2, 0.25) is 15.8 Å². The number of rotatable bonds is 9. The average molecular weight is 539 g/mol. The zero-order valence-electron chi connectivity index (χ0n) is 18.9. The summed E-state index contributed by atoms with van der Waals surface area (Å²) in [6.45, 7) is 0.731. The maximum absolute atomic E-state index is 14.0. The highest BCUT2D eigenvalue weighted by molar-refractivity contribution is 7.89. The Morgan fingerprint density at radius 3 is 2.50 bits per heavy atom. The van der Waals surface area contributed by atoms with E-state index in [4.69, 9.17) is 10.8 Å². The highest BCUT2D eigenvalue weighted by atomic mass is 32.2. The van der Waals surface area contributed by atoms with E-state index in [0.29, 0.717) is 30.3 Å². The van der Waals surface area contributed by atoms with Gasteiger partial charge in [-0.25, -0.2) is 27.2 Å². The number of sulfonamides is 1. The standard InChI is InChI=1S/C22H24F2N6O4S2/c23-15-2-1-3-16(24)18(15)19(32)20-21(25)29-22(35-20)28-13-6-9-30(10-7-13)36(33,34)14-4-5-17(27-12-14)26-8-11-31/h1-5,12-13,31H,6-11,25H2,(H,26,27)(H,28,29). The third-order valence-electron chi connectivity index (χ3n) is 5.62. The number of anilines is 3. The molecule has 3 heterocycles. The molecule has 1 aromatic carbocycles. The predicted molar refractivity (Wildman–Crippen MR) is 132 cm³/mol. The molecule has 4 rings (SSSR count). The van der Waals surface area contributed by atoms with Crippen LogP contribution in [0.5, 0.6) is 0 Å². The van der Waals surface area contributed by atoms with Gasteiger partial charge in [-0.3, -0.25) is 4.79 Å². The van der Waals surface area contributed by atoms with E-state index in [0.717, 1.165) is 23.5 Å². The van der Waals surface area contributed by atoms with Crippen LogP contribution in [0.25, 0.3) is 0 Å². The number of aliphatic hydroxyl groups excluding tert-OH is 1. The summed E-state index contributed by atoms with van der Waals surface area (Å²) in [4.78, 5) is 20.8. The van der Waals surface area contributed by atoms with Crippen molar-refractivity contribution in [3.05, 3.63) is 58.6 Å². The molecule has 36 heavy (non-hydrogen) atoms. The molecule has 5 N–H and O–H groups in total. The largest absolute Gasteiger partial charge is 0.395 e. The molecule has 2 aromatic heterocycles. The lowest BCUT2D eigenvalue weighted by Crippen LogP contribution is -2.42. The molecule has 0 aliphatic carbocycles. The van der Waals surface area contributed by atoms with Gasteiger partial charge in [0.15, 0.2) is 5.13 Å². The number of carbonyl (C=O) groups is 1. The first-order valence-corrected chi connectivity index (χ1v) is 13.3. The molecule has 0 spiro atoms. The minimum absolute atomic E-state index is 0.0692. The van der Waals surface area contributed by atoms with Crippen LogP contribution in [0.4, 0.5) is 25.5 Å². The quantitative estimate of drug-likeness (QED) is 0.301. The third kappa shape index (κ3) is 5.46. The van der Waals surface area contributed by atoms with Crippen LogP contribution in [-0.4, -0.2) is 65.9 Å². The van der Waals surface area contributed by atoms with Gasteiger partial charge < -0.3 is 21.5 Å². The summed E-state index contributed by atoms with van der Waals surface area (Å²) in [6.07, 6.45) is 2.20. The van der Waals surface area contributed by atoms with Crippen molar-refractivity contribution >= 4 is 43.9 Å². The Hall–Kier alpha value is -3.20. The second kappa shape index (κ2) is 10.8. The normalized spacial score (nSPS) is 15.1. The van der Waals surface area contributed by atoms with Crippen LogP contribution >= 0.6 is 11.3 Å². The molecule has 0 bridgehead atoms. The molecule has 1 fully saturated rings. The van der Waals surface area contributed by atoms with Gasteiger partial charge in [0.1, 0.15) is 33.0 Å². The Morgan fingerprint density at radius 1 is 1.19 bits per heavy atom. The van der Waals surface area contributed by atoms with Crippen molar-refractivity contribution in [2.45, 2.75) is 23.8 Å². The Bertz CT molecular complexity index is 1320. The molecule has 1 aliphatic heterocycles. The van der Waals surface area contributed by atoms with Crippen LogP contribution in [0.3, 0.4) is 0 Å². The summed E-state index contributed by atoms with van der Waals surface area (Å²) in [5, 5.41) is 15.2. The molecule has 0 unspecified atom stereocenters. The van der Waals surface area contributed by atoms with Crippen LogP contribution < -0.4 is 16.4 Å².